The van der Waals surface area contributed by atoms with Crippen LogP contribution in [0.4, 0.5) is 0 Å². The van der Waals surface area contributed by atoms with Crippen LogP contribution in [0.1, 0.15) is 10.4 Å². The Labute approximate surface area is 119 Å². The average molecular weight is 306 g/mol. The summed E-state index contributed by atoms with van der Waals surface area (Å²) < 4.78 is 24.3. The van der Waals surface area contributed by atoms with Crippen molar-refractivity contribution in [2.24, 2.45) is 0 Å². The lowest BCUT2D eigenvalue weighted by Gasteiger charge is -1.96. The number of aromatic carboxylic acids is 1. The van der Waals surface area contributed by atoms with Gasteiger partial charge in [-0.2, -0.15) is 5.10 Å². The van der Waals surface area contributed by atoms with E-state index >= 15 is 0 Å². The molecule has 0 unspecified atom stereocenters. The third kappa shape index (κ3) is 2.38. The number of hydrogen-bond donors (Lipinski definition) is 2. The van der Waals surface area contributed by atoms with Crippen LogP contribution in [-0.4, -0.2) is 45.5 Å². The van der Waals surface area contributed by atoms with E-state index in [1.165, 1.54) is 29.2 Å². The van der Waals surface area contributed by atoms with Crippen LogP contribution in [0.2, 0.25) is 0 Å². The van der Waals surface area contributed by atoms with Gasteiger partial charge in [0.1, 0.15) is 0 Å². The maximum Gasteiger partial charge on any atom is 0.338 e. The molecule has 2 heterocycles. The van der Waals surface area contributed by atoms with E-state index in [4.69, 9.17) is 5.11 Å². The topological polar surface area (TPSA) is 118 Å². The largest absolute Gasteiger partial charge is 0.478 e. The quantitative estimate of drug-likeness (QED) is 0.740. The lowest BCUT2D eigenvalue weighted by atomic mass is 10.3. The van der Waals surface area contributed by atoms with Crippen molar-refractivity contribution in [3.63, 3.8) is 0 Å². The minimum Gasteiger partial charge on any atom is -0.478 e. The minimum absolute atomic E-state index is 0.0345. The molecule has 0 saturated heterocycles. The van der Waals surface area contributed by atoms with E-state index < -0.39 is 15.8 Å². The first-order chi connectivity index (χ1) is 9.84. The highest BCUT2D eigenvalue weighted by atomic mass is 32.2. The molecule has 108 valence electrons. The fraction of sp³-hybridized carbons (Fsp3) is 0.0833. The number of aromatic nitrogens is 4. The van der Waals surface area contributed by atoms with Gasteiger partial charge in [0, 0.05) is 12.5 Å². The summed E-state index contributed by atoms with van der Waals surface area (Å²) in [5.74, 6) is -0.778. The smallest absolute Gasteiger partial charge is 0.338 e. The first-order valence-corrected chi connectivity index (χ1v) is 7.72. The first-order valence-electron chi connectivity index (χ1n) is 5.83. The van der Waals surface area contributed by atoms with Crippen LogP contribution in [-0.2, 0) is 9.84 Å². The molecule has 0 spiro atoms. The summed E-state index contributed by atoms with van der Waals surface area (Å²) in [4.78, 5) is 18.1. The molecule has 0 atom stereocenters. The second-order valence-electron chi connectivity index (χ2n) is 4.49. The average Bonchev–Trinajstić information content (AvgIpc) is 3.03. The SMILES string of the molecule is CS(=O)(=O)c1ccc2nc(-n3cc(C(=O)O)cn3)[nH]c2c1. The fourth-order valence-corrected chi connectivity index (χ4v) is 2.51. The third-order valence-electron chi connectivity index (χ3n) is 2.92. The van der Waals surface area contributed by atoms with Crippen LogP contribution in [0.5, 0.6) is 0 Å². The molecule has 3 aromatic rings. The molecule has 0 aliphatic rings. The van der Waals surface area contributed by atoms with Crippen LogP contribution in [0, 0.1) is 0 Å². The van der Waals surface area contributed by atoms with Gasteiger partial charge in [0.15, 0.2) is 9.84 Å². The number of H-pyrrole nitrogens is 1. The van der Waals surface area contributed by atoms with E-state index in [-0.39, 0.29) is 10.5 Å². The number of carbonyl (C=O) groups is 1. The molecule has 0 radical (unpaired) electrons. The molecule has 0 aliphatic carbocycles. The van der Waals surface area contributed by atoms with Gasteiger partial charge in [-0.3, -0.25) is 0 Å². The summed E-state index contributed by atoms with van der Waals surface area (Å²) in [5.41, 5.74) is 1.12. The Morgan fingerprint density at radius 1 is 1.38 bits per heavy atom. The van der Waals surface area contributed by atoms with Gasteiger partial charge >= 0.3 is 5.97 Å². The monoisotopic (exact) mass is 306 g/mol. The van der Waals surface area contributed by atoms with Crippen LogP contribution in [0.3, 0.4) is 0 Å². The van der Waals surface area contributed by atoms with Crippen LogP contribution in [0.25, 0.3) is 17.0 Å². The predicted molar refractivity (Wildman–Crippen MR) is 73.3 cm³/mol. The summed E-state index contributed by atoms with van der Waals surface area (Å²) in [7, 11) is -3.30. The van der Waals surface area contributed by atoms with Gasteiger partial charge in [-0.15, -0.1) is 0 Å². The highest BCUT2D eigenvalue weighted by Gasteiger charge is 2.12. The number of sulfone groups is 1. The summed E-state index contributed by atoms with van der Waals surface area (Å²) >= 11 is 0. The molecule has 0 fully saturated rings. The molecule has 21 heavy (non-hydrogen) atoms. The van der Waals surface area contributed by atoms with E-state index in [2.05, 4.69) is 15.1 Å². The molecule has 0 bridgehead atoms. The van der Waals surface area contributed by atoms with Crippen molar-refractivity contribution in [1.29, 1.82) is 0 Å². The van der Waals surface area contributed by atoms with E-state index in [0.717, 1.165) is 6.26 Å². The Morgan fingerprint density at radius 3 is 2.76 bits per heavy atom. The molecule has 9 heteroatoms. The number of carboxylic acids is 1. The lowest BCUT2D eigenvalue weighted by Crippen LogP contribution is -1.97. The highest BCUT2D eigenvalue weighted by Crippen LogP contribution is 2.18. The number of fused-ring (bicyclic) bond motifs is 1. The molecule has 0 aliphatic heterocycles. The van der Waals surface area contributed by atoms with Gasteiger partial charge < -0.3 is 10.1 Å². The zero-order valence-corrected chi connectivity index (χ0v) is 11.6. The molecule has 3 rings (SSSR count). The minimum atomic E-state index is -3.30. The Bertz CT molecular complexity index is 955. The molecule has 2 N–H and O–H groups in total. The standard InChI is InChI=1S/C12H10N4O4S/c1-21(19,20)8-2-3-9-10(4-8)15-12(14-9)16-6-7(5-13-16)11(17)18/h2-6H,1H3,(H,14,15)(H,17,18). The van der Waals surface area contributed by atoms with Gasteiger partial charge in [-0.25, -0.2) is 22.9 Å². The summed E-state index contributed by atoms with van der Waals surface area (Å²) in [6.45, 7) is 0. The Morgan fingerprint density at radius 2 is 2.14 bits per heavy atom. The van der Waals surface area contributed by atoms with Gasteiger partial charge in [0.25, 0.3) is 0 Å². The van der Waals surface area contributed by atoms with Crippen LogP contribution in [0.15, 0.2) is 35.5 Å². The van der Waals surface area contributed by atoms with Gasteiger partial charge in [0.05, 0.1) is 27.7 Å². The van der Waals surface area contributed by atoms with Crippen molar-refractivity contribution in [1.82, 2.24) is 19.7 Å². The molecule has 0 amide bonds. The predicted octanol–water partition coefficient (Wildman–Crippen LogP) is 0.850. The first kappa shape index (κ1) is 13.3. The molecule has 1 aromatic carbocycles. The second kappa shape index (κ2) is 4.42. The number of nitrogens with zero attached hydrogens (tertiary/aromatic N) is 3. The summed E-state index contributed by atoms with van der Waals surface area (Å²) in [6, 6.07) is 4.52. The number of rotatable bonds is 3. The van der Waals surface area contributed by atoms with Crippen molar-refractivity contribution in [3.05, 3.63) is 36.2 Å². The number of carboxylic acid groups (broad SMARTS) is 1. The fourth-order valence-electron chi connectivity index (χ4n) is 1.86. The summed E-state index contributed by atoms with van der Waals surface area (Å²) in [6.07, 6.45) is 3.65. The molecule has 2 aromatic heterocycles. The molecular weight excluding hydrogens is 296 g/mol. The molecule has 8 nitrogen and oxygen atoms in total. The van der Waals surface area contributed by atoms with Gasteiger partial charge in [-0.1, -0.05) is 0 Å². The van der Waals surface area contributed by atoms with E-state index in [9.17, 15) is 13.2 Å². The number of aromatic amines is 1. The van der Waals surface area contributed by atoms with Gasteiger partial charge in [-0.05, 0) is 18.2 Å². The highest BCUT2D eigenvalue weighted by molar-refractivity contribution is 7.90. The van der Waals surface area contributed by atoms with Crippen molar-refractivity contribution in [2.45, 2.75) is 4.90 Å². The second-order valence-corrected chi connectivity index (χ2v) is 6.51. The maximum absolute atomic E-state index is 11.5. The van der Waals surface area contributed by atoms with Crippen molar-refractivity contribution < 1.29 is 18.3 Å². The number of benzene rings is 1. The van der Waals surface area contributed by atoms with Crippen LogP contribution >= 0.6 is 0 Å². The zero-order valence-electron chi connectivity index (χ0n) is 10.8. The van der Waals surface area contributed by atoms with E-state index in [0.29, 0.717) is 17.0 Å². The lowest BCUT2D eigenvalue weighted by molar-refractivity contribution is 0.0697. The number of hydrogen-bond acceptors (Lipinski definition) is 5. The number of imidazole rings is 1. The van der Waals surface area contributed by atoms with Crippen molar-refractivity contribution >= 4 is 26.8 Å². The van der Waals surface area contributed by atoms with E-state index in [1.54, 1.807) is 6.07 Å². The van der Waals surface area contributed by atoms with Crippen molar-refractivity contribution in [3.8, 4) is 5.95 Å². The Balaban J connectivity index is 2.10. The normalized spacial score (nSPS) is 11.9. The van der Waals surface area contributed by atoms with Crippen LogP contribution < -0.4 is 0 Å². The zero-order chi connectivity index (χ0) is 15.2. The maximum atomic E-state index is 11.5. The van der Waals surface area contributed by atoms with Crippen molar-refractivity contribution in [2.75, 3.05) is 6.26 Å². The third-order valence-corrected chi connectivity index (χ3v) is 4.03. The Hall–Kier alpha value is -2.68. The van der Waals surface area contributed by atoms with Gasteiger partial charge in [0.2, 0.25) is 5.95 Å². The number of nitrogens with one attached hydrogen (secondary N) is 1. The molecule has 0 saturated carbocycles. The summed E-state index contributed by atoms with van der Waals surface area (Å²) in [5, 5.41) is 12.8. The van der Waals surface area contributed by atoms with E-state index in [1.807, 2.05) is 0 Å². The molecular formula is C12H10N4O4S. The Kier molecular flexibility index (Phi) is 2.80.